The second kappa shape index (κ2) is 6.40. The molecule has 0 aromatic heterocycles. The maximum absolute atomic E-state index is 11.7. The summed E-state index contributed by atoms with van der Waals surface area (Å²) in [4.78, 5) is 33.3. The van der Waals surface area contributed by atoms with Gasteiger partial charge in [-0.2, -0.15) is 0 Å². The number of hydrogen-bond donors (Lipinski definition) is 0. The van der Waals surface area contributed by atoms with Crippen LogP contribution in [0.1, 0.15) is 39.0 Å². The number of hydrogen-bond acceptors (Lipinski definition) is 4. The molecule has 0 aromatic carbocycles. The topological polar surface area (TPSA) is 60.4 Å². The Morgan fingerprint density at radius 1 is 1.50 bits per heavy atom. The van der Waals surface area contributed by atoms with Crippen molar-refractivity contribution in [2.45, 2.75) is 39.0 Å². The van der Waals surface area contributed by atoms with Crippen molar-refractivity contribution in [1.82, 2.24) is 0 Å². The maximum Gasteiger partial charge on any atom is 0.306 e. The molecule has 0 aliphatic heterocycles. The van der Waals surface area contributed by atoms with Crippen molar-refractivity contribution in [2.24, 2.45) is 11.8 Å². The second-order valence-electron chi connectivity index (χ2n) is 4.22. The Morgan fingerprint density at radius 2 is 2.25 bits per heavy atom. The lowest BCUT2D eigenvalue weighted by Crippen LogP contribution is -2.27. The minimum Gasteiger partial charge on any atom is -0.466 e. The Bertz CT molecular complexity index is 272. The molecule has 1 rings (SSSR count). The fraction of sp³-hybridized carbons (Fsp3) is 0.750. The molecular weight excluding hydrogens is 208 g/mol. The number of Topliss-reactive ketones (excluding diaryl/α,β-unsaturated/α-hetero) is 1. The van der Waals surface area contributed by atoms with E-state index in [1.54, 1.807) is 6.92 Å². The van der Waals surface area contributed by atoms with E-state index in [0.717, 1.165) is 12.7 Å². The normalized spacial score (nSPS) is 25.2. The SMILES string of the molecule is CCOC(=O)CC1CCC(CC=O)CC1=O. The first-order valence-corrected chi connectivity index (χ1v) is 5.79. The molecule has 1 saturated carbocycles. The Balaban J connectivity index is 2.38. The highest BCUT2D eigenvalue weighted by atomic mass is 16.5. The summed E-state index contributed by atoms with van der Waals surface area (Å²) >= 11 is 0. The van der Waals surface area contributed by atoms with Crippen LogP contribution >= 0.6 is 0 Å². The van der Waals surface area contributed by atoms with Gasteiger partial charge in [-0.25, -0.2) is 0 Å². The second-order valence-corrected chi connectivity index (χ2v) is 4.22. The molecule has 16 heavy (non-hydrogen) atoms. The average molecular weight is 226 g/mol. The van der Waals surface area contributed by atoms with Crippen LogP contribution in [0.25, 0.3) is 0 Å². The van der Waals surface area contributed by atoms with Gasteiger partial charge in [0.15, 0.2) is 0 Å². The van der Waals surface area contributed by atoms with Crippen LogP contribution in [0.15, 0.2) is 0 Å². The Hall–Kier alpha value is -1.19. The first-order chi connectivity index (χ1) is 7.67. The van der Waals surface area contributed by atoms with Crippen molar-refractivity contribution in [2.75, 3.05) is 6.61 Å². The van der Waals surface area contributed by atoms with Gasteiger partial charge in [0, 0.05) is 18.8 Å². The summed E-state index contributed by atoms with van der Waals surface area (Å²) in [6, 6.07) is 0. The molecule has 0 N–H and O–H groups in total. The summed E-state index contributed by atoms with van der Waals surface area (Å²) in [6.45, 7) is 2.11. The largest absolute Gasteiger partial charge is 0.466 e. The summed E-state index contributed by atoms with van der Waals surface area (Å²) in [6.07, 6.45) is 3.51. The minimum atomic E-state index is -0.297. The van der Waals surface area contributed by atoms with E-state index in [1.165, 1.54) is 0 Å². The number of rotatable bonds is 5. The number of aldehydes is 1. The van der Waals surface area contributed by atoms with Gasteiger partial charge in [-0.15, -0.1) is 0 Å². The highest BCUT2D eigenvalue weighted by Crippen LogP contribution is 2.29. The number of carbonyl (C=O) groups is 3. The van der Waals surface area contributed by atoms with E-state index < -0.39 is 0 Å². The molecule has 2 unspecified atom stereocenters. The van der Waals surface area contributed by atoms with Crippen molar-refractivity contribution in [3.8, 4) is 0 Å². The third-order valence-corrected chi connectivity index (χ3v) is 3.02. The van der Waals surface area contributed by atoms with Crippen LogP contribution < -0.4 is 0 Å². The molecule has 0 spiro atoms. The lowest BCUT2D eigenvalue weighted by atomic mass is 9.78. The molecule has 0 amide bonds. The average Bonchev–Trinajstić information content (AvgIpc) is 2.23. The van der Waals surface area contributed by atoms with E-state index in [4.69, 9.17) is 4.74 Å². The first kappa shape index (κ1) is 12.9. The van der Waals surface area contributed by atoms with Gasteiger partial charge >= 0.3 is 5.97 Å². The molecule has 0 heterocycles. The van der Waals surface area contributed by atoms with E-state index >= 15 is 0 Å². The van der Waals surface area contributed by atoms with Gasteiger partial charge in [-0.1, -0.05) is 0 Å². The van der Waals surface area contributed by atoms with Crippen LogP contribution in [0.2, 0.25) is 0 Å². The summed E-state index contributed by atoms with van der Waals surface area (Å²) in [5.41, 5.74) is 0. The number of esters is 1. The smallest absolute Gasteiger partial charge is 0.306 e. The van der Waals surface area contributed by atoms with E-state index in [-0.39, 0.29) is 30.0 Å². The van der Waals surface area contributed by atoms with Crippen molar-refractivity contribution < 1.29 is 19.1 Å². The Morgan fingerprint density at radius 3 is 2.81 bits per heavy atom. The highest BCUT2D eigenvalue weighted by Gasteiger charge is 2.30. The summed E-state index contributed by atoms with van der Waals surface area (Å²) in [7, 11) is 0. The van der Waals surface area contributed by atoms with Crippen LogP contribution in [0.5, 0.6) is 0 Å². The van der Waals surface area contributed by atoms with Crippen molar-refractivity contribution in [3.05, 3.63) is 0 Å². The van der Waals surface area contributed by atoms with Gasteiger partial charge in [0.1, 0.15) is 12.1 Å². The molecule has 4 nitrogen and oxygen atoms in total. The zero-order valence-corrected chi connectivity index (χ0v) is 9.61. The van der Waals surface area contributed by atoms with Crippen LogP contribution in [0, 0.1) is 11.8 Å². The molecule has 0 aromatic rings. The van der Waals surface area contributed by atoms with Gasteiger partial charge in [-0.05, 0) is 25.7 Å². The van der Waals surface area contributed by atoms with Crippen LogP contribution in [-0.2, 0) is 19.1 Å². The van der Waals surface area contributed by atoms with Crippen LogP contribution in [0.3, 0.4) is 0 Å². The molecule has 0 radical (unpaired) electrons. The highest BCUT2D eigenvalue weighted by molar-refractivity contribution is 5.86. The predicted octanol–water partition coefficient (Wildman–Crippen LogP) is 1.51. The van der Waals surface area contributed by atoms with Crippen LogP contribution in [-0.4, -0.2) is 24.6 Å². The standard InChI is InChI=1S/C12H18O4/c1-2-16-12(15)8-10-4-3-9(5-6-13)7-11(10)14/h6,9-10H,2-5,7-8H2,1H3. The minimum absolute atomic E-state index is 0.103. The number of ether oxygens (including phenoxy) is 1. The lowest BCUT2D eigenvalue weighted by Gasteiger charge is -2.25. The van der Waals surface area contributed by atoms with E-state index in [9.17, 15) is 14.4 Å². The van der Waals surface area contributed by atoms with Gasteiger partial charge < -0.3 is 9.53 Å². The van der Waals surface area contributed by atoms with Crippen molar-refractivity contribution >= 4 is 18.0 Å². The third-order valence-electron chi connectivity index (χ3n) is 3.02. The van der Waals surface area contributed by atoms with E-state index in [1.807, 2.05) is 0 Å². The maximum atomic E-state index is 11.7. The summed E-state index contributed by atoms with van der Waals surface area (Å²) in [5.74, 6) is -0.203. The molecule has 0 saturated heterocycles. The van der Waals surface area contributed by atoms with Crippen molar-refractivity contribution in [3.63, 3.8) is 0 Å². The number of ketones is 1. The fourth-order valence-electron chi connectivity index (χ4n) is 2.13. The summed E-state index contributed by atoms with van der Waals surface area (Å²) < 4.78 is 4.82. The molecule has 2 atom stereocenters. The van der Waals surface area contributed by atoms with Gasteiger partial charge in [-0.3, -0.25) is 9.59 Å². The number of carbonyl (C=O) groups excluding carboxylic acids is 3. The lowest BCUT2D eigenvalue weighted by molar-refractivity contribution is -0.147. The third kappa shape index (κ3) is 3.76. The molecule has 1 aliphatic carbocycles. The molecule has 4 heteroatoms. The van der Waals surface area contributed by atoms with E-state index in [2.05, 4.69) is 0 Å². The molecule has 1 aliphatic rings. The quantitative estimate of drug-likeness (QED) is 0.526. The Kier molecular flexibility index (Phi) is 5.15. The summed E-state index contributed by atoms with van der Waals surface area (Å²) in [5, 5.41) is 0. The van der Waals surface area contributed by atoms with Crippen LogP contribution in [0.4, 0.5) is 0 Å². The zero-order valence-electron chi connectivity index (χ0n) is 9.61. The fourth-order valence-corrected chi connectivity index (χ4v) is 2.13. The van der Waals surface area contributed by atoms with Gasteiger partial charge in [0.2, 0.25) is 0 Å². The first-order valence-electron chi connectivity index (χ1n) is 5.79. The molecule has 0 bridgehead atoms. The molecular formula is C12H18O4. The Labute approximate surface area is 95.3 Å². The predicted molar refractivity (Wildman–Crippen MR) is 57.8 cm³/mol. The van der Waals surface area contributed by atoms with Gasteiger partial charge in [0.05, 0.1) is 13.0 Å². The monoisotopic (exact) mass is 226 g/mol. The molecule has 90 valence electrons. The zero-order chi connectivity index (χ0) is 12.0. The van der Waals surface area contributed by atoms with Crippen molar-refractivity contribution in [1.29, 1.82) is 0 Å². The van der Waals surface area contributed by atoms with E-state index in [0.29, 0.717) is 25.9 Å². The molecule has 1 fully saturated rings. The van der Waals surface area contributed by atoms with Gasteiger partial charge in [0.25, 0.3) is 0 Å².